The van der Waals surface area contributed by atoms with Crippen molar-refractivity contribution in [3.05, 3.63) is 96.6 Å². The fraction of sp³-hybridized carbons (Fsp3) is 0.231. The van der Waals surface area contributed by atoms with Crippen molar-refractivity contribution in [1.29, 1.82) is 0 Å². The molecule has 0 atom stereocenters. The zero-order chi connectivity index (χ0) is 27.1. The van der Waals surface area contributed by atoms with Crippen LogP contribution in [0.1, 0.15) is 25.0 Å². The highest BCUT2D eigenvalue weighted by Crippen LogP contribution is 2.23. The minimum absolute atomic E-state index is 0.0671. The number of ether oxygens (including phenoxy) is 1. The van der Waals surface area contributed by atoms with Crippen LogP contribution in [0.25, 0.3) is 6.08 Å². The quantitative estimate of drug-likeness (QED) is 0.312. The fourth-order valence-corrected chi connectivity index (χ4v) is 3.79. The largest absolute Gasteiger partial charge is 0.452 e. The Hall–Kier alpha value is -3.82. The van der Waals surface area contributed by atoms with E-state index in [1.807, 2.05) is 32.0 Å². The third kappa shape index (κ3) is 7.34. The summed E-state index contributed by atoms with van der Waals surface area (Å²) in [6.07, 6.45) is 2.60. The number of aromatic amines is 1. The standard InChI is InChI=1S/C26H26Cl2N4O5/c1-16(2)13-31(21(33)15-37-22(34)11-9-17-8-10-19(27)20(28)12-17)23-24(29)32(26(36)30-25(23)35)14-18-6-4-3-5-7-18/h3-12,16H,13-15,29H2,1-2H3,(H,30,35,36)/b11-9+. The number of halogens is 2. The van der Waals surface area contributed by atoms with Gasteiger partial charge in [0.05, 0.1) is 16.6 Å². The number of aromatic nitrogens is 2. The lowest BCUT2D eigenvalue weighted by Crippen LogP contribution is -2.44. The number of esters is 1. The Kier molecular flexibility index (Phi) is 9.32. The average molecular weight is 545 g/mol. The molecule has 11 heteroatoms. The second kappa shape index (κ2) is 12.4. The number of carbonyl (C=O) groups is 2. The maximum atomic E-state index is 13.1. The van der Waals surface area contributed by atoms with Gasteiger partial charge in [-0.1, -0.05) is 73.4 Å². The number of nitrogens with two attached hydrogens (primary N) is 1. The Bertz CT molecular complexity index is 1430. The molecule has 194 valence electrons. The van der Waals surface area contributed by atoms with E-state index >= 15 is 0 Å². The number of H-pyrrole nitrogens is 1. The summed E-state index contributed by atoms with van der Waals surface area (Å²) in [5.41, 5.74) is 5.94. The summed E-state index contributed by atoms with van der Waals surface area (Å²) in [6.45, 7) is 3.24. The van der Waals surface area contributed by atoms with Crippen LogP contribution in [0.2, 0.25) is 10.0 Å². The first kappa shape index (κ1) is 27.8. The van der Waals surface area contributed by atoms with Crippen molar-refractivity contribution >= 4 is 52.7 Å². The number of nitrogens with zero attached hydrogens (tertiary/aromatic N) is 2. The molecular formula is C26H26Cl2N4O5. The number of nitrogen functional groups attached to an aromatic ring is 1. The Morgan fingerprint density at radius 3 is 2.46 bits per heavy atom. The number of hydrogen-bond donors (Lipinski definition) is 2. The van der Waals surface area contributed by atoms with E-state index in [1.165, 1.54) is 10.6 Å². The molecule has 1 aromatic heterocycles. The number of anilines is 2. The Morgan fingerprint density at radius 2 is 1.81 bits per heavy atom. The molecule has 37 heavy (non-hydrogen) atoms. The van der Waals surface area contributed by atoms with Gasteiger partial charge in [0.1, 0.15) is 5.82 Å². The van der Waals surface area contributed by atoms with Gasteiger partial charge in [0.15, 0.2) is 12.3 Å². The average Bonchev–Trinajstić information content (AvgIpc) is 2.85. The molecule has 0 saturated carbocycles. The summed E-state index contributed by atoms with van der Waals surface area (Å²) in [7, 11) is 0. The fourth-order valence-electron chi connectivity index (χ4n) is 3.48. The highest BCUT2D eigenvalue weighted by atomic mass is 35.5. The smallest absolute Gasteiger partial charge is 0.331 e. The van der Waals surface area contributed by atoms with E-state index in [4.69, 9.17) is 33.7 Å². The van der Waals surface area contributed by atoms with Crippen LogP contribution in [0.3, 0.4) is 0 Å². The molecular weight excluding hydrogens is 519 g/mol. The predicted molar refractivity (Wildman–Crippen MR) is 145 cm³/mol. The molecule has 0 saturated heterocycles. The van der Waals surface area contributed by atoms with Gasteiger partial charge in [-0.2, -0.15) is 0 Å². The molecule has 1 amide bonds. The van der Waals surface area contributed by atoms with Crippen molar-refractivity contribution in [1.82, 2.24) is 9.55 Å². The Labute approximate surface area is 223 Å². The van der Waals surface area contributed by atoms with E-state index in [-0.39, 0.29) is 30.5 Å². The number of amides is 1. The van der Waals surface area contributed by atoms with Crippen molar-refractivity contribution in [2.75, 3.05) is 23.8 Å². The van der Waals surface area contributed by atoms with Crippen molar-refractivity contribution in [3.8, 4) is 0 Å². The van der Waals surface area contributed by atoms with Crippen LogP contribution < -0.4 is 21.9 Å². The highest BCUT2D eigenvalue weighted by Gasteiger charge is 2.25. The van der Waals surface area contributed by atoms with E-state index in [0.29, 0.717) is 15.6 Å². The third-order valence-electron chi connectivity index (χ3n) is 5.21. The molecule has 2 aromatic carbocycles. The van der Waals surface area contributed by atoms with Gasteiger partial charge in [-0.3, -0.25) is 19.1 Å². The second-order valence-electron chi connectivity index (χ2n) is 8.58. The van der Waals surface area contributed by atoms with E-state index < -0.39 is 29.7 Å². The molecule has 3 N–H and O–H groups in total. The number of carbonyl (C=O) groups excluding carboxylic acids is 2. The minimum Gasteiger partial charge on any atom is -0.452 e. The minimum atomic E-state index is -0.813. The van der Waals surface area contributed by atoms with Crippen LogP contribution in [0.5, 0.6) is 0 Å². The van der Waals surface area contributed by atoms with Crippen LogP contribution in [0.4, 0.5) is 11.5 Å². The first-order valence-corrected chi connectivity index (χ1v) is 12.1. The molecule has 3 rings (SSSR count). The summed E-state index contributed by atoms with van der Waals surface area (Å²) in [4.78, 5) is 53.9. The summed E-state index contributed by atoms with van der Waals surface area (Å²) in [6, 6.07) is 13.9. The lowest BCUT2D eigenvalue weighted by Gasteiger charge is -2.26. The van der Waals surface area contributed by atoms with Crippen molar-refractivity contribution in [3.63, 3.8) is 0 Å². The van der Waals surface area contributed by atoms with Gasteiger partial charge in [0, 0.05) is 12.6 Å². The molecule has 0 aliphatic rings. The van der Waals surface area contributed by atoms with Gasteiger partial charge in [0.2, 0.25) is 0 Å². The van der Waals surface area contributed by atoms with E-state index in [2.05, 4.69) is 4.98 Å². The van der Waals surface area contributed by atoms with Gasteiger partial charge < -0.3 is 15.4 Å². The lowest BCUT2D eigenvalue weighted by molar-refractivity contribution is -0.142. The molecule has 0 fully saturated rings. The molecule has 3 aromatic rings. The first-order valence-electron chi connectivity index (χ1n) is 11.3. The molecule has 9 nitrogen and oxygen atoms in total. The highest BCUT2D eigenvalue weighted by molar-refractivity contribution is 6.42. The first-order chi connectivity index (χ1) is 17.6. The second-order valence-corrected chi connectivity index (χ2v) is 9.39. The van der Waals surface area contributed by atoms with Gasteiger partial charge in [-0.15, -0.1) is 0 Å². The Morgan fingerprint density at radius 1 is 1.11 bits per heavy atom. The van der Waals surface area contributed by atoms with Crippen LogP contribution in [0, 0.1) is 5.92 Å². The lowest BCUT2D eigenvalue weighted by atomic mass is 10.2. The zero-order valence-corrected chi connectivity index (χ0v) is 21.8. The third-order valence-corrected chi connectivity index (χ3v) is 5.95. The van der Waals surface area contributed by atoms with E-state index in [1.54, 1.807) is 30.3 Å². The molecule has 0 aliphatic carbocycles. The number of rotatable bonds is 9. The number of hydrogen-bond acceptors (Lipinski definition) is 6. The Balaban J connectivity index is 1.82. The van der Waals surface area contributed by atoms with Crippen LogP contribution in [0.15, 0.2) is 64.2 Å². The van der Waals surface area contributed by atoms with Crippen molar-refractivity contribution in [2.24, 2.45) is 5.92 Å². The molecule has 0 aliphatic heterocycles. The van der Waals surface area contributed by atoms with E-state index in [9.17, 15) is 19.2 Å². The van der Waals surface area contributed by atoms with Crippen LogP contribution >= 0.6 is 23.2 Å². The molecule has 0 bridgehead atoms. The maximum absolute atomic E-state index is 13.1. The number of nitrogens with one attached hydrogen (secondary N) is 1. The number of benzene rings is 2. The van der Waals surface area contributed by atoms with Gasteiger partial charge >= 0.3 is 11.7 Å². The van der Waals surface area contributed by atoms with Gasteiger partial charge in [0.25, 0.3) is 11.5 Å². The predicted octanol–water partition coefficient (Wildman–Crippen LogP) is 3.72. The van der Waals surface area contributed by atoms with Gasteiger partial charge in [-0.05, 0) is 35.3 Å². The summed E-state index contributed by atoms with van der Waals surface area (Å²) >= 11 is 11.8. The van der Waals surface area contributed by atoms with Crippen molar-refractivity contribution < 1.29 is 14.3 Å². The monoisotopic (exact) mass is 544 g/mol. The molecule has 1 heterocycles. The normalized spacial score (nSPS) is 11.2. The van der Waals surface area contributed by atoms with Crippen molar-refractivity contribution in [2.45, 2.75) is 20.4 Å². The van der Waals surface area contributed by atoms with Gasteiger partial charge in [-0.25, -0.2) is 9.59 Å². The maximum Gasteiger partial charge on any atom is 0.331 e. The van der Waals surface area contributed by atoms with Crippen LogP contribution in [-0.2, 0) is 20.9 Å². The van der Waals surface area contributed by atoms with Crippen LogP contribution in [-0.4, -0.2) is 34.6 Å². The summed E-state index contributed by atoms with van der Waals surface area (Å²) < 4.78 is 6.27. The molecule has 0 radical (unpaired) electrons. The summed E-state index contributed by atoms with van der Waals surface area (Å²) in [5.74, 6) is -1.69. The topological polar surface area (TPSA) is 127 Å². The molecule has 0 spiro atoms. The zero-order valence-electron chi connectivity index (χ0n) is 20.2. The SMILES string of the molecule is CC(C)CN(C(=O)COC(=O)/C=C/c1ccc(Cl)c(Cl)c1)c1c(N)n(Cc2ccccc2)c(=O)[nH]c1=O. The summed E-state index contributed by atoms with van der Waals surface area (Å²) in [5, 5.41) is 0.703. The van der Waals surface area contributed by atoms with E-state index in [0.717, 1.165) is 16.5 Å². The molecule has 0 unspecified atom stereocenters.